The van der Waals surface area contributed by atoms with Crippen LogP contribution in [0.15, 0.2) is 0 Å². The Hall–Kier alpha value is -0.570. The Kier molecular flexibility index (Phi) is 1.65. The summed E-state index contributed by atoms with van der Waals surface area (Å²) in [4.78, 5) is 23.1. The molecule has 1 heterocycles. The summed E-state index contributed by atoms with van der Waals surface area (Å²) in [5, 5.41) is -0.544. The standard InChI is InChI=1S/C10H13ClO3/c1-8(2)9(3)4-5-10(8,6(11)12)14-7(9)13/h4-5H2,1-3H3/t9-,10?/m0/s1. The van der Waals surface area contributed by atoms with Gasteiger partial charge in [0.1, 0.15) is 0 Å². The molecule has 2 atom stereocenters. The number of fused-ring (bicyclic) bond motifs is 2. The molecular weight excluding hydrogens is 204 g/mol. The van der Waals surface area contributed by atoms with Gasteiger partial charge in [0.05, 0.1) is 5.41 Å². The number of halogens is 1. The highest BCUT2D eigenvalue weighted by Gasteiger charge is 2.75. The average molecular weight is 217 g/mol. The van der Waals surface area contributed by atoms with Crippen LogP contribution in [0, 0.1) is 10.8 Å². The molecule has 0 aromatic rings. The molecule has 1 aliphatic heterocycles. The van der Waals surface area contributed by atoms with Crippen LogP contribution in [0.3, 0.4) is 0 Å². The Bertz CT molecular complexity index is 336. The topological polar surface area (TPSA) is 43.4 Å². The molecule has 4 heteroatoms. The quantitative estimate of drug-likeness (QED) is 0.497. The molecule has 2 fully saturated rings. The summed E-state index contributed by atoms with van der Waals surface area (Å²) in [6.07, 6.45) is 1.22. The molecule has 0 N–H and O–H groups in total. The fourth-order valence-electron chi connectivity index (χ4n) is 2.69. The molecule has 2 rings (SSSR count). The van der Waals surface area contributed by atoms with Gasteiger partial charge >= 0.3 is 5.97 Å². The Balaban J connectivity index is 2.60. The van der Waals surface area contributed by atoms with Gasteiger partial charge in [0.15, 0.2) is 5.60 Å². The monoisotopic (exact) mass is 216 g/mol. The second-order valence-corrected chi connectivity index (χ2v) is 5.29. The van der Waals surface area contributed by atoms with Crippen molar-refractivity contribution in [2.24, 2.45) is 10.8 Å². The molecule has 0 aromatic heterocycles. The molecule has 1 aliphatic carbocycles. The summed E-state index contributed by atoms with van der Waals surface area (Å²) < 4.78 is 5.21. The predicted molar refractivity (Wildman–Crippen MR) is 50.8 cm³/mol. The lowest BCUT2D eigenvalue weighted by atomic mass is 9.67. The average Bonchev–Trinajstić information content (AvgIpc) is 2.34. The van der Waals surface area contributed by atoms with Crippen molar-refractivity contribution in [3.05, 3.63) is 0 Å². The lowest BCUT2D eigenvalue weighted by molar-refractivity contribution is -0.164. The van der Waals surface area contributed by atoms with E-state index >= 15 is 0 Å². The van der Waals surface area contributed by atoms with Gasteiger partial charge in [-0.15, -0.1) is 0 Å². The van der Waals surface area contributed by atoms with Crippen LogP contribution in [0.5, 0.6) is 0 Å². The van der Waals surface area contributed by atoms with Crippen LogP contribution < -0.4 is 0 Å². The van der Waals surface area contributed by atoms with Crippen molar-refractivity contribution in [2.45, 2.75) is 39.2 Å². The smallest absolute Gasteiger partial charge is 0.313 e. The van der Waals surface area contributed by atoms with Gasteiger partial charge in [0.2, 0.25) is 0 Å². The van der Waals surface area contributed by atoms with E-state index in [-0.39, 0.29) is 5.97 Å². The van der Waals surface area contributed by atoms with Crippen LogP contribution in [0.2, 0.25) is 0 Å². The van der Waals surface area contributed by atoms with Crippen molar-refractivity contribution >= 4 is 22.8 Å². The van der Waals surface area contributed by atoms with Crippen LogP contribution in [-0.2, 0) is 14.3 Å². The van der Waals surface area contributed by atoms with E-state index < -0.39 is 21.7 Å². The van der Waals surface area contributed by atoms with Gasteiger partial charge in [-0.25, -0.2) is 0 Å². The summed E-state index contributed by atoms with van der Waals surface area (Å²) in [5.74, 6) is -0.289. The summed E-state index contributed by atoms with van der Waals surface area (Å²) in [6, 6.07) is 0. The number of ether oxygens (including phenoxy) is 1. The van der Waals surface area contributed by atoms with Crippen molar-refractivity contribution in [2.75, 3.05) is 0 Å². The minimum absolute atomic E-state index is 0.289. The van der Waals surface area contributed by atoms with E-state index in [1.165, 1.54) is 0 Å². The molecule has 0 radical (unpaired) electrons. The molecular formula is C10H13ClO3. The summed E-state index contributed by atoms with van der Waals surface area (Å²) in [5.41, 5.74) is -2.14. The molecule has 14 heavy (non-hydrogen) atoms. The first-order chi connectivity index (χ1) is 6.28. The summed E-state index contributed by atoms with van der Waals surface area (Å²) in [6.45, 7) is 5.61. The maximum absolute atomic E-state index is 11.6. The van der Waals surface area contributed by atoms with Gasteiger partial charge < -0.3 is 4.74 Å². The van der Waals surface area contributed by atoms with Gasteiger partial charge in [-0.2, -0.15) is 0 Å². The van der Waals surface area contributed by atoms with Crippen LogP contribution in [0.4, 0.5) is 0 Å². The highest BCUT2D eigenvalue weighted by molar-refractivity contribution is 6.65. The molecule has 1 saturated carbocycles. The fourth-order valence-corrected chi connectivity index (χ4v) is 3.06. The Morgan fingerprint density at radius 3 is 2.14 bits per heavy atom. The van der Waals surface area contributed by atoms with Crippen molar-refractivity contribution in [1.82, 2.24) is 0 Å². The highest BCUT2D eigenvalue weighted by Crippen LogP contribution is 2.66. The van der Waals surface area contributed by atoms with Crippen LogP contribution in [0.1, 0.15) is 33.6 Å². The molecule has 78 valence electrons. The third-order valence-electron chi connectivity index (χ3n) is 4.40. The normalized spacial score (nSPS) is 43.9. The SMILES string of the molecule is CC1(C)C2(C(=O)Cl)CC[C@@]1(C)C(=O)O2. The third kappa shape index (κ3) is 0.724. The third-order valence-corrected chi connectivity index (χ3v) is 4.71. The zero-order chi connectivity index (χ0) is 10.8. The molecule has 0 aromatic carbocycles. The maximum atomic E-state index is 11.6. The van der Waals surface area contributed by atoms with E-state index in [1.54, 1.807) is 0 Å². The van der Waals surface area contributed by atoms with Crippen LogP contribution in [0.25, 0.3) is 0 Å². The zero-order valence-corrected chi connectivity index (χ0v) is 9.27. The Labute approximate surface area is 87.8 Å². The molecule has 3 nitrogen and oxygen atoms in total. The first-order valence-electron chi connectivity index (χ1n) is 4.71. The number of carbonyl (C=O) groups is 2. The number of hydrogen-bond acceptors (Lipinski definition) is 3. The summed E-state index contributed by atoms with van der Waals surface area (Å²) in [7, 11) is 0. The van der Waals surface area contributed by atoms with Gasteiger partial charge in [-0.05, 0) is 31.4 Å². The van der Waals surface area contributed by atoms with Crippen molar-refractivity contribution in [3.63, 3.8) is 0 Å². The van der Waals surface area contributed by atoms with Gasteiger partial charge in [-0.1, -0.05) is 13.8 Å². The van der Waals surface area contributed by atoms with Gasteiger partial charge in [-0.3, -0.25) is 9.59 Å². The Morgan fingerprint density at radius 1 is 1.36 bits per heavy atom. The molecule has 2 aliphatic rings. The van der Waals surface area contributed by atoms with Crippen molar-refractivity contribution in [3.8, 4) is 0 Å². The van der Waals surface area contributed by atoms with E-state index in [0.717, 1.165) is 0 Å². The van der Waals surface area contributed by atoms with E-state index in [2.05, 4.69) is 0 Å². The predicted octanol–water partition coefficient (Wildman–Crippen LogP) is 1.87. The van der Waals surface area contributed by atoms with Crippen molar-refractivity contribution in [1.29, 1.82) is 0 Å². The van der Waals surface area contributed by atoms with E-state index in [1.807, 2.05) is 20.8 Å². The van der Waals surface area contributed by atoms with E-state index in [9.17, 15) is 9.59 Å². The zero-order valence-electron chi connectivity index (χ0n) is 8.52. The first-order valence-corrected chi connectivity index (χ1v) is 5.09. The highest BCUT2D eigenvalue weighted by atomic mass is 35.5. The minimum Gasteiger partial charge on any atom is -0.449 e. The molecule has 0 amide bonds. The van der Waals surface area contributed by atoms with Gasteiger partial charge in [0, 0.05) is 5.41 Å². The lowest BCUT2D eigenvalue weighted by Gasteiger charge is -2.33. The Morgan fingerprint density at radius 2 is 1.93 bits per heavy atom. The number of carbonyl (C=O) groups excluding carboxylic acids is 2. The van der Waals surface area contributed by atoms with Crippen LogP contribution in [-0.4, -0.2) is 16.8 Å². The second-order valence-electron chi connectivity index (χ2n) is 4.95. The largest absolute Gasteiger partial charge is 0.449 e. The summed E-state index contributed by atoms with van der Waals surface area (Å²) >= 11 is 5.56. The first kappa shape index (κ1) is 9.97. The van der Waals surface area contributed by atoms with Crippen molar-refractivity contribution < 1.29 is 14.3 Å². The minimum atomic E-state index is -1.08. The van der Waals surface area contributed by atoms with E-state index in [0.29, 0.717) is 12.8 Å². The molecule has 0 spiro atoms. The molecule has 1 unspecified atom stereocenters. The molecule has 1 saturated heterocycles. The number of hydrogen-bond donors (Lipinski definition) is 0. The van der Waals surface area contributed by atoms with E-state index in [4.69, 9.17) is 16.3 Å². The number of rotatable bonds is 1. The number of esters is 1. The second kappa shape index (κ2) is 2.32. The van der Waals surface area contributed by atoms with Gasteiger partial charge in [0.25, 0.3) is 5.24 Å². The molecule has 2 bridgehead atoms. The lowest BCUT2D eigenvalue weighted by Crippen LogP contribution is -2.45. The maximum Gasteiger partial charge on any atom is 0.313 e. The van der Waals surface area contributed by atoms with Crippen LogP contribution >= 0.6 is 11.6 Å². The fraction of sp³-hybridized carbons (Fsp3) is 0.800.